The van der Waals surface area contributed by atoms with Crippen LogP contribution in [0.25, 0.3) is 0 Å². The Kier molecular flexibility index (Phi) is 3.94. The number of hydrogen-bond donors (Lipinski definition) is 2. The van der Waals surface area contributed by atoms with Crippen LogP contribution in [0.5, 0.6) is 5.75 Å². The fourth-order valence-corrected chi connectivity index (χ4v) is 1.96. The van der Waals surface area contributed by atoms with Gasteiger partial charge in [-0.3, -0.25) is 0 Å². The van der Waals surface area contributed by atoms with Gasteiger partial charge in [0, 0.05) is 6.54 Å². The molecular weight excluding hydrogens is 228 g/mol. The van der Waals surface area contributed by atoms with Gasteiger partial charge in [-0.15, -0.1) is 5.10 Å². The highest BCUT2D eigenvalue weighted by Crippen LogP contribution is 2.13. The zero-order chi connectivity index (χ0) is 13.0. The van der Waals surface area contributed by atoms with Crippen molar-refractivity contribution in [3.63, 3.8) is 0 Å². The minimum absolute atomic E-state index is 0.281. The molecule has 2 aromatic rings. The third kappa shape index (κ3) is 2.68. The van der Waals surface area contributed by atoms with Gasteiger partial charge in [0.1, 0.15) is 5.75 Å². The highest BCUT2D eigenvalue weighted by Gasteiger charge is 2.10. The van der Waals surface area contributed by atoms with Crippen LogP contribution in [-0.2, 0) is 19.5 Å². The molecule has 0 amide bonds. The number of rotatable bonds is 5. The second-order valence-electron chi connectivity index (χ2n) is 4.19. The summed E-state index contributed by atoms with van der Waals surface area (Å²) in [5.74, 6) is 0.281. The average molecular weight is 246 g/mol. The lowest BCUT2D eigenvalue weighted by molar-refractivity contribution is 0.475. The van der Waals surface area contributed by atoms with Crippen LogP contribution in [0, 0.1) is 0 Å². The number of nitrogens with zero attached hydrogens (tertiary/aromatic N) is 3. The van der Waals surface area contributed by atoms with Gasteiger partial charge in [-0.25, -0.2) is 4.68 Å². The molecule has 2 N–H and O–H groups in total. The monoisotopic (exact) mass is 246 g/mol. The number of nitrogens with one attached hydrogen (secondary N) is 1. The Bertz CT molecular complexity index is 504. The van der Waals surface area contributed by atoms with Crippen LogP contribution in [0.1, 0.15) is 23.9 Å². The molecule has 5 nitrogen and oxygen atoms in total. The van der Waals surface area contributed by atoms with E-state index in [4.69, 9.17) is 0 Å². The van der Waals surface area contributed by atoms with Crippen molar-refractivity contribution in [2.75, 3.05) is 7.05 Å². The maximum Gasteiger partial charge on any atom is 0.115 e. The first-order valence-corrected chi connectivity index (χ1v) is 6.08. The van der Waals surface area contributed by atoms with Crippen molar-refractivity contribution < 1.29 is 5.11 Å². The van der Waals surface area contributed by atoms with Crippen LogP contribution >= 0.6 is 0 Å². The smallest absolute Gasteiger partial charge is 0.115 e. The lowest BCUT2D eigenvalue weighted by Gasteiger charge is -2.06. The predicted molar refractivity (Wildman–Crippen MR) is 69.4 cm³/mol. The second kappa shape index (κ2) is 5.64. The summed E-state index contributed by atoms with van der Waals surface area (Å²) in [7, 11) is 1.90. The van der Waals surface area contributed by atoms with Crippen molar-refractivity contribution in [1.82, 2.24) is 20.3 Å². The molecular formula is C13H18N4O. The number of benzene rings is 1. The molecule has 1 aromatic heterocycles. The van der Waals surface area contributed by atoms with E-state index in [2.05, 4.69) is 22.6 Å². The molecule has 0 aliphatic heterocycles. The summed E-state index contributed by atoms with van der Waals surface area (Å²) >= 11 is 0. The molecule has 0 saturated heterocycles. The first kappa shape index (κ1) is 12.6. The lowest BCUT2D eigenvalue weighted by Crippen LogP contribution is -2.10. The van der Waals surface area contributed by atoms with E-state index in [1.165, 1.54) is 0 Å². The normalized spacial score (nSPS) is 10.8. The number of hydrogen-bond acceptors (Lipinski definition) is 4. The van der Waals surface area contributed by atoms with Crippen LogP contribution < -0.4 is 5.32 Å². The number of phenolic OH excluding ortho intramolecular Hbond substituents is 1. The molecule has 0 unspecified atom stereocenters. The molecule has 0 aliphatic rings. The number of phenols is 1. The zero-order valence-corrected chi connectivity index (χ0v) is 10.7. The van der Waals surface area contributed by atoms with Gasteiger partial charge in [-0.2, -0.15) is 0 Å². The first-order valence-electron chi connectivity index (χ1n) is 6.08. The van der Waals surface area contributed by atoms with Crippen molar-refractivity contribution in [2.24, 2.45) is 0 Å². The van der Waals surface area contributed by atoms with Gasteiger partial charge in [-0.1, -0.05) is 24.3 Å². The van der Waals surface area contributed by atoms with Crippen LogP contribution in [0.2, 0.25) is 0 Å². The summed E-state index contributed by atoms with van der Waals surface area (Å²) < 4.78 is 1.92. The average Bonchev–Trinajstić information content (AvgIpc) is 2.75. The third-order valence-electron chi connectivity index (χ3n) is 2.87. The maximum absolute atomic E-state index is 9.25. The molecule has 0 fully saturated rings. The van der Waals surface area contributed by atoms with E-state index in [1.54, 1.807) is 12.1 Å². The molecule has 0 aliphatic carbocycles. The van der Waals surface area contributed by atoms with Crippen molar-refractivity contribution >= 4 is 0 Å². The van der Waals surface area contributed by atoms with Crippen molar-refractivity contribution in [3.05, 3.63) is 41.2 Å². The summed E-state index contributed by atoms with van der Waals surface area (Å²) in [6.45, 7) is 3.52. The lowest BCUT2D eigenvalue weighted by atomic mass is 10.2. The molecule has 5 heteroatoms. The summed E-state index contributed by atoms with van der Waals surface area (Å²) in [5, 5.41) is 20.7. The molecule has 0 radical (unpaired) electrons. The van der Waals surface area contributed by atoms with Crippen molar-refractivity contribution in [2.45, 2.75) is 26.4 Å². The molecule has 0 bridgehead atoms. The Morgan fingerprint density at radius 3 is 2.61 bits per heavy atom. The summed E-state index contributed by atoms with van der Waals surface area (Å²) in [6.07, 6.45) is 0.905. The molecule has 0 saturated carbocycles. The number of aromatic nitrogens is 3. The Balaban J connectivity index is 2.20. The van der Waals surface area contributed by atoms with Crippen LogP contribution in [0.3, 0.4) is 0 Å². The Morgan fingerprint density at radius 1 is 1.28 bits per heavy atom. The first-order chi connectivity index (χ1) is 8.74. The van der Waals surface area contributed by atoms with Gasteiger partial charge < -0.3 is 10.4 Å². The second-order valence-corrected chi connectivity index (χ2v) is 4.19. The zero-order valence-electron chi connectivity index (χ0n) is 10.7. The Morgan fingerprint density at radius 2 is 2.00 bits per heavy atom. The van der Waals surface area contributed by atoms with E-state index in [9.17, 15) is 5.11 Å². The van der Waals surface area contributed by atoms with E-state index in [0.29, 0.717) is 6.54 Å². The molecule has 1 aromatic carbocycles. The topological polar surface area (TPSA) is 63.0 Å². The molecule has 96 valence electrons. The molecule has 0 atom stereocenters. The quantitative estimate of drug-likeness (QED) is 0.835. The van der Waals surface area contributed by atoms with Gasteiger partial charge in [0.2, 0.25) is 0 Å². The SMILES string of the molecule is CCc1c(CNC)nnn1Cc1ccc(O)cc1. The van der Waals surface area contributed by atoms with Crippen LogP contribution in [0.15, 0.2) is 24.3 Å². The van der Waals surface area contributed by atoms with Gasteiger partial charge in [0.05, 0.1) is 17.9 Å². The molecule has 0 spiro atoms. The highest BCUT2D eigenvalue weighted by atomic mass is 16.3. The van der Waals surface area contributed by atoms with E-state index < -0.39 is 0 Å². The van der Waals surface area contributed by atoms with Crippen LogP contribution in [-0.4, -0.2) is 27.1 Å². The van der Waals surface area contributed by atoms with Gasteiger partial charge in [0.25, 0.3) is 0 Å². The van der Waals surface area contributed by atoms with Crippen molar-refractivity contribution in [1.29, 1.82) is 0 Å². The van der Waals surface area contributed by atoms with E-state index in [1.807, 2.05) is 23.9 Å². The minimum Gasteiger partial charge on any atom is -0.508 e. The van der Waals surface area contributed by atoms with Crippen molar-refractivity contribution in [3.8, 4) is 5.75 Å². The molecule has 2 rings (SSSR count). The molecule has 1 heterocycles. The molecule has 18 heavy (non-hydrogen) atoms. The van der Waals surface area contributed by atoms with Gasteiger partial charge in [-0.05, 0) is 31.2 Å². The predicted octanol–water partition coefficient (Wildman–Crippen LogP) is 1.31. The summed E-state index contributed by atoms with van der Waals surface area (Å²) in [6, 6.07) is 7.17. The standard InChI is InChI=1S/C13H18N4O/c1-3-13-12(8-14-2)15-16-17(13)9-10-4-6-11(18)7-5-10/h4-7,14,18H,3,8-9H2,1-2H3. The van der Waals surface area contributed by atoms with E-state index in [-0.39, 0.29) is 5.75 Å². The van der Waals surface area contributed by atoms with Gasteiger partial charge in [0.15, 0.2) is 0 Å². The summed E-state index contributed by atoms with van der Waals surface area (Å²) in [5.41, 5.74) is 3.25. The third-order valence-corrected chi connectivity index (χ3v) is 2.87. The Hall–Kier alpha value is -1.88. The van der Waals surface area contributed by atoms with E-state index >= 15 is 0 Å². The fourth-order valence-electron chi connectivity index (χ4n) is 1.96. The van der Waals surface area contributed by atoms with Crippen LogP contribution in [0.4, 0.5) is 0 Å². The number of aromatic hydroxyl groups is 1. The highest BCUT2D eigenvalue weighted by molar-refractivity contribution is 5.26. The maximum atomic E-state index is 9.25. The fraction of sp³-hybridized carbons (Fsp3) is 0.385. The van der Waals surface area contributed by atoms with E-state index in [0.717, 1.165) is 29.9 Å². The summed E-state index contributed by atoms with van der Waals surface area (Å²) in [4.78, 5) is 0. The largest absolute Gasteiger partial charge is 0.508 e. The Labute approximate surface area is 106 Å². The van der Waals surface area contributed by atoms with Gasteiger partial charge >= 0.3 is 0 Å². The minimum atomic E-state index is 0.281.